The Kier molecular flexibility index (Phi) is 5.71. The van der Waals surface area contributed by atoms with E-state index in [2.05, 4.69) is 41.5 Å². The maximum absolute atomic E-state index is 9.69. The van der Waals surface area contributed by atoms with Crippen LogP contribution in [0, 0.1) is 0 Å². The summed E-state index contributed by atoms with van der Waals surface area (Å²) < 4.78 is 0. The van der Waals surface area contributed by atoms with Crippen LogP contribution in [0.4, 0.5) is 0 Å². The molecule has 2 rings (SSSR count). The van der Waals surface area contributed by atoms with Gasteiger partial charge in [0.15, 0.2) is 0 Å². The fourth-order valence-corrected chi connectivity index (χ4v) is 2.22. The Morgan fingerprint density at radius 1 is 1.15 bits per heavy atom. The number of rotatable bonds is 7. The van der Waals surface area contributed by atoms with Gasteiger partial charge in [0.1, 0.15) is 0 Å². The summed E-state index contributed by atoms with van der Waals surface area (Å²) in [5.41, 5.74) is 3.59. The van der Waals surface area contributed by atoms with Gasteiger partial charge in [0.25, 0.3) is 0 Å². The number of hydrogen-bond donors (Lipinski definition) is 2. The maximum Gasteiger partial charge on any atom is 0.0664 e. The minimum Gasteiger partial charge on any atom is -0.392 e. The zero-order valence-electron chi connectivity index (χ0n) is 11.9. The summed E-state index contributed by atoms with van der Waals surface area (Å²) in [6.45, 7) is 3.51. The summed E-state index contributed by atoms with van der Waals surface area (Å²) in [4.78, 5) is 4.04. The quantitative estimate of drug-likeness (QED) is 0.813. The number of hydrogen-bond acceptors (Lipinski definition) is 3. The van der Waals surface area contributed by atoms with Gasteiger partial charge in [0.05, 0.1) is 6.10 Å². The Bertz CT molecular complexity index is 513. The molecule has 0 aliphatic heterocycles. The molecule has 0 fully saturated rings. The van der Waals surface area contributed by atoms with Crippen molar-refractivity contribution in [1.29, 1.82) is 0 Å². The molecule has 2 N–H and O–H groups in total. The predicted molar refractivity (Wildman–Crippen MR) is 82.3 cm³/mol. The third-order valence-electron chi connectivity index (χ3n) is 3.27. The monoisotopic (exact) mass is 270 g/mol. The van der Waals surface area contributed by atoms with Gasteiger partial charge in [0, 0.05) is 25.5 Å². The van der Waals surface area contributed by atoms with Crippen LogP contribution in [-0.4, -0.2) is 22.7 Å². The molecule has 0 spiro atoms. The first kappa shape index (κ1) is 14.7. The van der Waals surface area contributed by atoms with E-state index in [1.807, 2.05) is 12.1 Å². The summed E-state index contributed by atoms with van der Waals surface area (Å²) in [7, 11) is 0. The fourth-order valence-electron chi connectivity index (χ4n) is 2.22. The van der Waals surface area contributed by atoms with Crippen molar-refractivity contribution in [2.45, 2.75) is 32.4 Å². The highest BCUT2D eigenvalue weighted by atomic mass is 16.3. The average molecular weight is 270 g/mol. The summed E-state index contributed by atoms with van der Waals surface area (Å²) in [5, 5.41) is 13.0. The van der Waals surface area contributed by atoms with Crippen LogP contribution in [0.2, 0.25) is 0 Å². The highest BCUT2D eigenvalue weighted by Crippen LogP contribution is 2.19. The van der Waals surface area contributed by atoms with Gasteiger partial charge in [-0.05, 0) is 41.3 Å². The molecular formula is C17H22N2O. The molecule has 1 heterocycles. The van der Waals surface area contributed by atoms with Gasteiger partial charge in [-0.1, -0.05) is 31.5 Å². The molecule has 0 aliphatic carbocycles. The Hall–Kier alpha value is -1.71. The molecule has 106 valence electrons. The lowest BCUT2D eigenvalue weighted by atomic mass is 10.0. The van der Waals surface area contributed by atoms with E-state index in [-0.39, 0.29) is 6.10 Å². The van der Waals surface area contributed by atoms with Crippen LogP contribution in [0.5, 0.6) is 0 Å². The van der Waals surface area contributed by atoms with Crippen molar-refractivity contribution in [1.82, 2.24) is 10.3 Å². The predicted octanol–water partition coefficient (Wildman–Crippen LogP) is 3.00. The van der Waals surface area contributed by atoms with E-state index in [1.165, 1.54) is 16.7 Å². The third-order valence-corrected chi connectivity index (χ3v) is 3.27. The van der Waals surface area contributed by atoms with Gasteiger partial charge < -0.3 is 10.4 Å². The normalized spacial score (nSPS) is 12.3. The summed E-state index contributed by atoms with van der Waals surface area (Å²) in [6.07, 6.45) is 5.23. The van der Waals surface area contributed by atoms with Crippen molar-refractivity contribution in [2.75, 3.05) is 6.54 Å². The van der Waals surface area contributed by atoms with E-state index in [9.17, 15) is 5.11 Å². The Labute approximate surface area is 120 Å². The van der Waals surface area contributed by atoms with E-state index >= 15 is 0 Å². The Balaban J connectivity index is 1.93. The van der Waals surface area contributed by atoms with Crippen LogP contribution in [0.3, 0.4) is 0 Å². The number of aliphatic hydroxyl groups is 1. The Morgan fingerprint density at radius 3 is 2.70 bits per heavy atom. The van der Waals surface area contributed by atoms with Crippen LogP contribution < -0.4 is 5.32 Å². The molecule has 0 aliphatic rings. The molecule has 0 amide bonds. The largest absolute Gasteiger partial charge is 0.392 e. The lowest BCUT2D eigenvalue weighted by Crippen LogP contribution is -2.26. The van der Waals surface area contributed by atoms with Crippen molar-refractivity contribution in [3.63, 3.8) is 0 Å². The molecule has 1 aromatic carbocycles. The van der Waals surface area contributed by atoms with Crippen LogP contribution in [-0.2, 0) is 6.54 Å². The lowest BCUT2D eigenvalue weighted by molar-refractivity contribution is 0.160. The molecule has 0 saturated carbocycles. The third kappa shape index (κ3) is 4.44. The van der Waals surface area contributed by atoms with E-state index in [0.717, 1.165) is 19.4 Å². The van der Waals surface area contributed by atoms with Gasteiger partial charge in [-0.25, -0.2) is 0 Å². The smallest absolute Gasteiger partial charge is 0.0664 e. The second-order valence-electron chi connectivity index (χ2n) is 5.01. The van der Waals surface area contributed by atoms with E-state index in [4.69, 9.17) is 0 Å². The SMILES string of the molecule is CCCC(O)CNCc1cccc(-c2ccncc2)c1. The van der Waals surface area contributed by atoms with E-state index in [1.54, 1.807) is 12.4 Å². The topological polar surface area (TPSA) is 45.1 Å². The molecule has 20 heavy (non-hydrogen) atoms. The number of pyridine rings is 1. The first-order chi connectivity index (χ1) is 9.79. The standard InChI is InChI=1S/C17H22N2O/c1-2-4-17(20)13-19-12-14-5-3-6-16(11-14)15-7-9-18-10-8-15/h3,5-11,17,19-20H,2,4,12-13H2,1H3. The second kappa shape index (κ2) is 7.78. The zero-order chi connectivity index (χ0) is 14.2. The molecular weight excluding hydrogens is 248 g/mol. The van der Waals surface area contributed by atoms with Crippen LogP contribution in [0.25, 0.3) is 11.1 Å². The number of nitrogens with one attached hydrogen (secondary N) is 1. The van der Waals surface area contributed by atoms with Gasteiger partial charge >= 0.3 is 0 Å². The van der Waals surface area contributed by atoms with E-state index < -0.39 is 0 Å². The minimum absolute atomic E-state index is 0.247. The van der Waals surface area contributed by atoms with Crippen molar-refractivity contribution in [3.8, 4) is 11.1 Å². The van der Waals surface area contributed by atoms with E-state index in [0.29, 0.717) is 6.54 Å². The van der Waals surface area contributed by atoms with Crippen molar-refractivity contribution in [3.05, 3.63) is 54.4 Å². The summed E-state index contributed by atoms with van der Waals surface area (Å²) in [5.74, 6) is 0. The molecule has 3 nitrogen and oxygen atoms in total. The average Bonchev–Trinajstić information content (AvgIpc) is 2.49. The highest BCUT2D eigenvalue weighted by molar-refractivity contribution is 5.63. The summed E-state index contributed by atoms with van der Waals surface area (Å²) in [6, 6.07) is 12.5. The van der Waals surface area contributed by atoms with Gasteiger partial charge in [-0.2, -0.15) is 0 Å². The van der Waals surface area contributed by atoms with Crippen molar-refractivity contribution < 1.29 is 5.11 Å². The van der Waals surface area contributed by atoms with Crippen molar-refractivity contribution in [2.24, 2.45) is 0 Å². The molecule has 0 bridgehead atoms. The number of benzene rings is 1. The summed E-state index contributed by atoms with van der Waals surface area (Å²) >= 11 is 0. The lowest BCUT2D eigenvalue weighted by Gasteiger charge is -2.11. The minimum atomic E-state index is -0.247. The van der Waals surface area contributed by atoms with Crippen molar-refractivity contribution >= 4 is 0 Å². The first-order valence-corrected chi connectivity index (χ1v) is 7.17. The second-order valence-corrected chi connectivity index (χ2v) is 5.01. The first-order valence-electron chi connectivity index (χ1n) is 7.17. The molecule has 1 aromatic heterocycles. The van der Waals surface area contributed by atoms with Crippen LogP contribution in [0.1, 0.15) is 25.3 Å². The van der Waals surface area contributed by atoms with Crippen LogP contribution >= 0.6 is 0 Å². The van der Waals surface area contributed by atoms with Crippen LogP contribution in [0.15, 0.2) is 48.8 Å². The number of aromatic nitrogens is 1. The number of nitrogens with zero attached hydrogens (tertiary/aromatic N) is 1. The number of aliphatic hydroxyl groups excluding tert-OH is 1. The molecule has 0 radical (unpaired) electrons. The fraction of sp³-hybridized carbons (Fsp3) is 0.353. The van der Waals surface area contributed by atoms with Gasteiger partial charge in [-0.15, -0.1) is 0 Å². The zero-order valence-corrected chi connectivity index (χ0v) is 11.9. The molecule has 2 aromatic rings. The molecule has 0 saturated heterocycles. The Morgan fingerprint density at radius 2 is 1.95 bits per heavy atom. The highest BCUT2D eigenvalue weighted by Gasteiger charge is 2.02. The molecule has 3 heteroatoms. The van der Waals surface area contributed by atoms with Gasteiger partial charge in [0.2, 0.25) is 0 Å². The molecule has 1 unspecified atom stereocenters. The maximum atomic E-state index is 9.69. The molecule has 1 atom stereocenters. The van der Waals surface area contributed by atoms with Gasteiger partial charge in [-0.3, -0.25) is 4.98 Å².